The molecule has 0 atom stereocenters. The second-order valence-electron chi connectivity index (χ2n) is 5.04. The van der Waals surface area contributed by atoms with Gasteiger partial charge in [-0.3, -0.25) is 4.79 Å². The van der Waals surface area contributed by atoms with Gasteiger partial charge in [0.15, 0.2) is 0 Å². The molecule has 0 aromatic heterocycles. The van der Waals surface area contributed by atoms with Gasteiger partial charge in [0.1, 0.15) is 13.2 Å². The monoisotopic (exact) mass is 322 g/mol. The zero-order chi connectivity index (χ0) is 17.2. The maximum absolute atomic E-state index is 12.0. The van der Waals surface area contributed by atoms with Gasteiger partial charge in [-0.1, -0.05) is 30.3 Å². The molecule has 0 aliphatic rings. The van der Waals surface area contributed by atoms with Crippen molar-refractivity contribution in [2.75, 3.05) is 13.6 Å². The summed E-state index contributed by atoms with van der Waals surface area (Å²) in [5, 5.41) is 5.84. The Kier molecular flexibility index (Phi) is 7.38. The Hall–Kier alpha value is -2.77. The molecule has 0 unspecified atom stereocenters. The highest BCUT2D eigenvalue weighted by atomic mass is 16.6. The molecule has 8 nitrogen and oxygen atoms in total. The summed E-state index contributed by atoms with van der Waals surface area (Å²) >= 11 is 0. The van der Waals surface area contributed by atoms with Crippen molar-refractivity contribution in [3.63, 3.8) is 0 Å². The van der Waals surface area contributed by atoms with E-state index in [0.29, 0.717) is 0 Å². The second kappa shape index (κ2) is 9.29. The van der Waals surface area contributed by atoms with Crippen molar-refractivity contribution in [3.05, 3.63) is 35.9 Å². The molecular weight excluding hydrogens is 300 g/mol. The molecular formula is C15H22N4O4. The second-order valence-corrected chi connectivity index (χ2v) is 5.04. The molecule has 126 valence electrons. The molecule has 1 rings (SSSR count). The van der Waals surface area contributed by atoms with Crippen LogP contribution in [0.3, 0.4) is 0 Å². The van der Waals surface area contributed by atoms with E-state index in [1.807, 2.05) is 18.2 Å². The summed E-state index contributed by atoms with van der Waals surface area (Å²) in [6.45, 7) is 3.27. The van der Waals surface area contributed by atoms with Crippen LogP contribution in [0.2, 0.25) is 0 Å². The first kappa shape index (κ1) is 18.3. The third kappa shape index (κ3) is 7.16. The number of likely N-dealkylation sites (N-methyl/N-ethyl adjacent to an activating group) is 1. The molecule has 1 aromatic rings. The average Bonchev–Trinajstić information content (AvgIpc) is 2.52. The normalized spacial score (nSPS) is 9.91. The minimum absolute atomic E-state index is 0.0618. The molecule has 0 saturated heterocycles. The summed E-state index contributed by atoms with van der Waals surface area (Å²) in [7, 11) is 1.44. The van der Waals surface area contributed by atoms with Crippen LogP contribution < -0.4 is 16.1 Å². The Labute approximate surface area is 135 Å². The SMILES string of the molecule is CNC(=O)CN(NC(=O)OCc1ccccc1)C(=O)NC(C)C. The first-order valence-electron chi connectivity index (χ1n) is 7.18. The molecule has 4 amide bonds. The fraction of sp³-hybridized carbons (Fsp3) is 0.400. The van der Waals surface area contributed by atoms with Crippen molar-refractivity contribution in [1.82, 2.24) is 21.1 Å². The summed E-state index contributed by atoms with van der Waals surface area (Å²) in [5.74, 6) is -0.424. The number of nitrogens with zero attached hydrogens (tertiary/aromatic N) is 1. The van der Waals surface area contributed by atoms with Gasteiger partial charge >= 0.3 is 12.1 Å². The van der Waals surface area contributed by atoms with Crippen LogP contribution in [0.4, 0.5) is 9.59 Å². The Bertz CT molecular complexity index is 534. The largest absolute Gasteiger partial charge is 0.443 e. The van der Waals surface area contributed by atoms with Gasteiger partial charge in [-0.2, -0.15) is 0 Å². The number of carbonyl (C=O) groups is 3. The molecule has 23 heavy (non-hydrogen) atoms. The molecule has 0 radical (unpaired) electrons. The van der Waals surface area contributed by atoms with Crippen LogP contribution in [0.5, 0.6) is 0 Å². The van der Waals surface area contributed by atoms with E-state index in [-0.39, 0.29) is 19.2 Å². The molecule has 0 saturated carbocycles. The number of carbonyl (C=O) groups excluding carboxylic acids is 3. The Balaban J connectivity index is 2.58. The fourth-order valence-corrected chi connectivity index (χ4v) is 1.58. The van der Waals surface area contributed by atoms with Crippen LogP contribution in [0.25, 0.3) is 0 Å². The van der Waals surface area contributed by atoms with Gasteiger partial charge in [-0.25, -0.2) is 20.0 Å². The van der Waals surface area contributed by atoms with Crippen LogP contribution >= 0.6 is 0 Å². The molecule has 3 N–H and O–H groups in total. The number of ether oxygens (including phenoxy) is 1. The number of rotatable bonds is 5. The quantitative estimate of drug-likeness (QED) is 0.704. The minimum atomic E-state index is -0.823. The van der Waals surface area contributed by atoms with Gasteiger partial charge < -0.3 is 15.4 Å². The lowest BCUT2D eigenvalue weighted by Gasteiger charge is -2.23. The Morgan fingerprint density at radius 1 is 1.17 bits per heavy atom. The molecule has 1 aromatic carbocycles. The lowest BCUT2D eigenvalue weighted by Crippen LogP contribution is -2.55. The van der Waals surface area contributed by atoms with Crippen molar-refractivity contribution in [2.45, 2.75) is 26.5 Å². The van der Waals surface area contributed by atoms with E-state index in [1.54, 1.807) is 26.0 Å². The zero-order valence-corrected chi connectivity index (χ0v) is 13.5. The van der Waals surface area contributed by atoms with E-state index < -0.39 is 18.0 Å². The molecule has 8 heteroatoms. The molecule has 0 aliphatic heterocycles. The lowest BCUT2D eigenvalue weighted by molar-refractivity contribution is -0.121. The summed E-state index contributed by atoms with van der Waals surface area (Å²) in [6.07, 6.45) is -0.823. The molecule has 0 aliphatic carbocycles. The standard InChI is InChI=1S/C15H22N4O4/c1-11(2)17-14(21)19(9-13(20)16-3)18-15(22)23-10-12-7-5-4-6-8-12/h4-8,11H,9-10H2,1-3H3,(H,16,20)(H,17,21)(H,18,22). The number of amides is 4. The van der Waals surface area contributed by atoms with Crippen molar-refractivity contribution in [2.24, 2.45) is 0 Å². The van der Waals surface area contributed by atoms with Crippen LogP contribution in [0.1, 0.15) is 19.4 Å². The van der Waals surface area contributed by atoms with Gasteiger partial charge in [0.2, 0.25) is 5.91 Å². The average molecular weight is 322 g/mol. The van der Waals surface area contributed by atoms with Crippen LogP contribution in [-0.2, 0) is 16.1 Å². The fourth-order valence-electron chi connectivity index (χ4n) is 1.58. The van der Waals surface area contributed by atoms with Crippen molar-refractivity contribution in [3.8, 4) is 0 Å². The molecule has 0 spiro atoms. The first-order chi connectivity index (χ1) is 10.9. The highest BCUT2D eigenvalue weighted by Crippen LogP contribution is 2.00. The molecule has 0 bridgehead atoms. The van der Waals surface area contributed by atoms with E-state index in [1.165, 1.54) is 7.05 Å². The highest BCUT2D eigenvalue weighted by molar-refractivity contribution is 5.85. The molecule has 0 fully saturated rings. The Morgan fingerprint density at radius 2 is 1.83 bits per heavy atom. The summed E-state index contributed by atoms with van der Waals surface area (Å²) in [6, 6.07) is 8.37. The zero-order valence-electron chi connectivity index (χ0n) is 13.5. The number of hydrazine groups is 1. The lowest BCUT2D eigenvalue weighted by atomic mass is 10.2. The van der Waals surface area contributed by atoms with Crippen LogP contribution in [0.15, 0.2) is 30.3 Å². The maximum Gasteiger partial charge on any atom is 0.426 e. The highest BCUT2D eigenvalue weighted by Gasteiger charge is 2.20. The third-order valence-electron chi connectivity index (χ3n) is 2.68. The van der Waals surface area contributed by atoms with Crippen molar-refractivity contribution >= 4 is 18.0 Å². The van der Waals surface area contributed by atoms with E-state index in [0.717, 1.165) is 10.6 Å². The molecule has 0 heterocycles. The summed E-state index contributed by atoms with van der Waals surface area (Å²) in [4.78, 5) is 35.2. The number of hydrogen-bond acceptors (Lipinski definition) is 4. The minimum Gasteiger partial charge on any atom is -0.443 e. The number of benzene rings is 1. The Morgan fingerprint density at radius 3 is 2.39 bits per heavy atom. The predicted molar refractivity (Wildman–Crippen MR) is 84.2 cm³/mol. The number of hydrogen-bond donors (Lipinski definition) is 3. The van der Waals surface area contributed by atoms with E-state index in [2.05, 4.69) is 16.1 Å². The van der Waals surface area contributed by atoms with Gasteiger partial charge in [0.05, 0.1) is 0 Å². The van der Waals surface area contributed by atoms with Gasteiger partial charge in [-0.05, 0) is 19.4 Å². The number of nitrogens with one attached hydrogen (secondary N) is 3. The summed E-state index contributed by atoms with van der Waals surface area (Å²) in [5.41, 5.74) is 3.07. The topological polar surface area (TPSA) is 99.8 Å². The third-order valence-corrected chi connectivity index (χ3v) is 2.68. The van der Waals surface area contributed by atoms with E-state index in [9.17, 15) is 14.4 Å². The maximum atomic E-state index is 12.0. The van der Waals surface area contributed by atoms with E-state index >= 15 is 0 Å². The smallest absolute Gasteiger partial charge is 0.426 e. The van der Waals surface area contributed by atoms with E-state index in [4.69, 9.17) is 4.74 Å². The van der Waals surface area contributed by atoms with Crippen LogP contribution in [0, 0.1) is 0 Å². The van der Waals surface area contributed by atoms with Crippen LogP contribution in [-0.4, -0.2) is 42.7 Å². The van der Waals surface area contributed by atoms with Crippen molar-refractivity contribution in [1.29, 1.82) is 0 Å². The van der Waals surface area contributed by atoms with Gasteiger partial charge in [0, 0.05) is 13.1 Å². The van der Waals surface area contributed by atoms with Gasteiger partial charge in [-0.15, -0.1) is 0 Å². The van der Waals surface area contributed by atoms with Gasteiger partial charge in [0.25, 0.3) is 0 Å². The predicted octanol–water partition coefficient (Wildman–Crippen LogP) is 0.994. The first-order valence-corrected chi connectivity index (χ1v) is 7.18. The van der Waals surface area contributed by atoms with Crippen molar-refractivity contribution < 1.29 is 19.1 Å². The summed E-state index contributed by atoms with van der Waals surface area (Å²) < 4.78 is 5.03. The number of urea groups is 1.